The van der Waals surface area contributed by atoms with Gasteiger partial charge < -0.3 is 15.5 Å². The van der Waals surface area contributed by atoms with Crippen molar-refractivity contribution >= 4 is 23.0 Å². The van der Waals surface area contributed by atoms with Gasteiger partial charge in [-0.05, 0) is 31.0 Å². The minimum absolute atomic E-state index is 0.676. The molecule has 0 fully saturated rings. The molecule has 1 heterocycles. The van der Waals surface area contributed by atoms with E-state index >= 15 is 0 Å². The Morgan fingerprint density at radius 3 is 2.82 bits per heavy atom. The topological polar surface area (TPSA) is 32.5 Å². The highest BCUT2D eigenvalue weighted by molar-refractivity contribution is 6.32. The quantitative estimate of drug-likeness (QED) is 0.878. The zero-order valence-corrected chi connectivity index (χ0v) is 11.3. The number of hydrogen-bond acceptors (Lipinski definition) is 3. The van der Waals surface area contributed by atoms with Crippen LogP contribution in [-0.2, 0) is 0 Å². The summed E-state index contributed by atoms with van der Waals surface area (Å²) in [7, 11) is 2.14. The second kappa shape index (κ2) is 5.15. The lowest BCUT2D eigenvalue weighted by Crippen LogP contribution is -2.30. The number of nitrogens with zero attached hydrogens (tertiary/aromatic N) is 2. The lowest BCUT2D eigenvalue weighted by Gasteiger charge is -2.27. The Morgan fingerprint density at radius 2 is 2.12 bits per heavy atom. The van der Waals surface area contributed by atoms with Crippen molar-refractivity contribution in [1.29, 1.82) is 0 Å². The molecular weight excluding hydrogens is 234 g/mol. The first-order valence-electron chi connectivity index (χ1n) is 6.10. The molecule has 0 aromatic heterocycles. The molecule has 0 aliphatic carbocycles. The van der Waals surface area contributed by atoms with Crippen molar-refractivity contribution < 1.29 is 0 Å². The molecule has 3 nitrogen and oxygen atoms in total. The van der Waals surface area contributed by atoms with Crippen LogP contribution in [0.25, 0.3) is 0 Å². The molecular formula is C13H20ClN3. The van der Waals surface area contributed by atoms with Crippen LogP contribution in [0, 0.1) is 6.92 Å². The van der Waals surface area contributed by atoms with Gasteiger partial charge in [0.1, 0.15) is 0 Å². The van der Waals surface area contributed by atoms with E-state index < -0.39 is 0 Å². The van der Waals surface area contributed by atoms with Gasteiger partial charge in [-0.2, -0.15) is 0 Å². The first kappa shape index (κ1) is 12.5. The van der Waals surface area contributed by atoms with E-state index in [9.17, 15) is 0 Å². The van der Waals surface area contributed by atoms with Crippen LogP contribution >= 0.6 is 11.6 Å². The molecule has 0 saturated carbocycles. The molecule has 1 aromatic rings. The van der Waals surface area contributed by atoms with Crippen LogP contribution in [0.3, 0.4) is 0 Å². The lowest BCUT2D eigenvalue weighted by molar-refractivity contribution is 0.740. The Labute approximate surface area is 108 Å². The third-order valence-corrected chi connectivity index (χ3v) is 3.80. The highest BCUT2D eigenvalue weighted by Gasteiger charge is 2.20. The normalized spacial score (nSPS) is 15.8. The summed E-state index contributed by atoms with van der Waals surface area (Å²) in [5, 5.41) is 0.834. The van der Waals surface area contributed by atoms with Gasteiger partial charge in [0.05, 0.1) is 11.4 Å². The van der Waals surface area contributed by atoms with Gasteiger partial charge >= 0.3 is 0 Å². The number of rotatable bonds is 2. The Balaban J connectivity index is 2.51. The maximum absolute atomic E-state index is 6.24. The molecule has 2 rings (SSSR count). The summed E-state index contributed by atoms with van der Waals surface area (Å²) in [5.74, 6) is 0. The minimum atomic E-state index is 0.676. The molecule has 2 N–H and O–H groups in total. The third kappa shape index (κ3) is 2.35. The number of benzene rings is 1. The van der Waals surface area contributed by atoms with Gasteiger partial charge in [0.2, 0.25) is 0 Å². The molecule has 0 radical (unpaired) electrons. The average molecular weight is 254 g/mol. The van der Waals surface area contributed by atoms with Gasteiger partial charge in [-0.3, -0.25) is 0 Å². The van der Waals surface area contributed by atoms with Crippen LogP contribution in [-0.4, -0.2) is 33.2 Å². The summed E-state index contributed by atoms with van der Waals surface area (Å²) in [6.07, 6.45) is 1.15. The van der Waals surface area contributed by atoms with E-state index in [4.69, 9.17) is 17.3 Å². The van der Waals surface area contributed by atoms with Crippen molar-refractivity contribution in [3.63, 3.8) is 0 Å². The van der Waals surface area contributed by atoms with Crippen molar-refractivity contribution in [1.82, 2.24) is 0 Å². The van der Waals surface area contributed by atoms with Crippen molar-refractivity contribution in [2.24, 2.45) is 5.73 Å². The van der Waals surface area contributed by atoms with Gasteiger partial charge in [0, 0.05) is 38.2 Å². The van der Waals surface area contributed by atoms with Gasteiger partial charge in [0.15, 0.2) is 0 Å². The van der Waals surface area contributed by atoms with Crippen LogP contribution in [0.2, 0.25) is 5.02 Å². The summed E-state index contributed by atoms with van der Waals surface area (Å²) < 4.78 is 0. The smallest absolute Gasteiger partial charge is 0.0649 e. The summed E-state index contributed by atoms with van der Waals surface area (Å²) in [6.45, 7) is 5.78. The molecule has 1 aliphatic heterocycles. The van der Waals surface area contributed by atoms with Crippen molar-refractivity contribution in [2.45, 2.75) is 13.3 Å². The number of halogens is 1. The van der Waals surface area contributed by atoms with Crippen LogP contribution in [0.15, 0.2) is 12.1 Å². The minimum Gasteiger partial charge on any atom is -0.373 e. The maximum Gasteiger partial charge on any atom is 0.0649 e. The summed E-state index contributed by atoms with van der Waals surface area (Å²) in [5.41, 5.74) is 9.38. The van der Waals surface area contributed by atoms with E-state index in [2.05, 4.69) is 29.8 Å². The van der Waals surface area contributed by atoms with Gasteiger partial charge in [-0.15, -0.1) is 0 Å². The van der Waals surface area contributed by atoms with Crippen LogP contribution in [0.1, 0.15) is 12.0 Å². The molecule has 94 valence electrons. The first-order valence-corrected chi connectivity index (χ1v) is 6.48. The fraction of sp³-hybridized carbons (Fsp3) is 0.538. The van der Waals surface area contributed by atoms with Crippen molar-refractivity contribution in [3.8, 4) is 0 Å². The SMILES string of the molecule is Cc1c(Cl)ccc2c1N(CCN)CCCN2C. The summed E-state index contributed by atoms with van der Waals surface area (Å²) in [6, 6.07) is 4.09. The number of hydrogen-bond donors (Lipinski definition) is 1. The predicted octanol–water partition coefficient (Wildman–Crippen LogP) is 2.25. The molecule has 0 amide bonds. The molecule has 17 heavy (non-hydrogen) atoms. The van der Waals surface area contributed by atoms with Crippen LogP contribution in [0.4, 0.5) is 11.4 Å². The van der Waals surface area contributed by atoms with E-state index in [0.29, 0.717) is 6.54 Å². The van der Waals surface area contributed by atoms with Crippen molar-refractivity contribution in [3.05, 3.63) is 22.7 Å². The molecule has 0 atom stereocenters. The van der Waals surface area contributed by atoms with Gasteiger partial charge in [-0.1, -0.05) is 11.6 Å². The molecule has 0 bridgehead atoms. The third-order valence-electron chi connectivity index (χ3n) is 3.39. The van der Waals surface area contributed by atoms with Gasteiger partial charge in [0.25, 0.3) is 0 Å². The first-order chi connectivity index (χ1) is 8.15. The number of fused-ring (bicyclic) bond motifs is 1. The standard InChI is InChI=1S/C13H20ClN3/c1-10-11(14)4-5-12-13(10)17(9-6-15)8-3-7-16(12)2/h4-5H,3,6-9,15H2,1-2H3. The largest absolute Gasteiger partial charge is 0.373 e. The highest BCUT2D eigenvalue weighted by atomic mass is 35.5. The van der Waals surface area contributed by atoms with E-state index in [1.807, 2.05) is 6.07 Å². The van der Waals surface area contributed by atoms with E-state index in [-0.39, 0.29) is 0 Å². The number of nitrogens with two attached hydrogens (primary N) is 1. The molecule has 0 unspecified atom stereocenters. The van der Waals surface area contributed by atoms with Gasteiger partial charge in [-0.25, -0.2) is 0 Å². The summed E-state index contributed by atoms with van der Waals surface area (Å²) >= 11 is 6.24. The Bertz CT molecular complexity index is 406. The highest BCUT2D eigenvalue weighted by Crippen LogP contribution is 2.37. The van der Waals surface area contributed by atoms with E-state index in [1.54, 1.807) is 0 Å². The maximum atomic E-state index is 6.24. The van der Waals surface area contributed by atoms with Crippen molar-refractivity contribution in [2.75, 3.05) is 43.0 Å². The summed E-state index contributed by atoms with van der Waals surface area (Å²) in [4.78, 5) is 4.66. The Hall–Kier alpha value is -0.930. The predicted molar refractivity (Wildman–Crippen MR) is 75.3 cm³/mol. The van der Waals surface area contributed by atoms with E-state index in [1.165, 1.54) is 11.4 Å². The fourth-order valence-corrected chi connectivity index (χ4v) is 2.63. The molecule has 0 saturated heterocycles. The van der Waals surface area contributed by atoms with Crippen LogP contribution in [0.5, 0.6) is 0 Å². The average Bonchev–Trinajstić information content (AvgIpc) is 2.45. The second-order valence-corrected chi connectivity index (χ2v) is 5.00. The Morgan fingerprint density at radius 1 is 1.35 bits per heavy atom. The number of anilines is 2. The Kier molecular flexibility index (Phi) is 3.79. The lowest BCUT2D eigenvalue weighted by atomic mass is 10.1. The monoisotopic (exact) mass is 253 g/mol. The molecule has 4 heteroatoms. The van der Waals surface area contributed by atoms with E-state index in [0.717, 1.165) is 36.6 Å². The zero-order valence-electron chi connectivity index (χ0n) is 10.5. The molecule has 0 spiro atoms. The molecule has 1 aliphatic rings. The fourth-order valence-electron chi connectivity index (χ4n) is 2.48. The second-order valence-electron chi connectivity index (χ2n) is 4.59. The van der Waals surface area contributed by atoms with Crippen LogP contribution < -0.4 is 15.5 Å². The zero-order chi connectivity index (χ0) is 12.4. The molecule has 1 aromatic carbocycles.